The molecule has 1 aromatic heterocycles. The molecule has 1 aromatic rings. The van der Waals surface area contributed by atoms with Gasteiger partial charge in [0.15, 0.2) is 0 Å². The van der Waals surface area contributed by atoms with Crippen LogP contribution in [0.2, 0.25) is 0 Å². The van der Waals surface area contributed by atoms with Gasteiger partial charge in [-0.15, -0.1) is 6.42 Å². The molecule has 1 fully saturated rings. The molecule has 4 heteroatoms. The molecule has 0 saturated carbocycles. The Hall–Kier alpha value is -0.400. The molecule has 0 spiro atoms. The summed E-state index contributed by atoms with van der Waals surface area (Å²) in [7, 11) is 0. The molecule has 0 aliphatic carbocycles. The number of halogens is 1. The molecule has 0 atom stereocenters. The summed E-state index contributed by atoms with van der Waals surface area (Å²) < 4.78 is 2.92. The smallest absolute Gasteiger partial charge is 0.124 e. The van der Waals surface area contributed by atoms with Crippen LogP contribution < -0.4 is 0 Å². The van der Waals surface area contributed by atoms with Gasteiger partial charge in [-0.25, -0.2) is 0 Å². The van der Waals surface area contributed by atoms with E-state index in [0.29, 0.717) is 0 Å². The molecule has 2 heterocycles. The molecule has 0 aromatic carbocycles. The number of nitrogens with zero attached hydrogens (tertiary/aromatic N) is 2. The van der Waals surface area contributed by atoms with Gasteiger partial charge in [0.1, 0.15) is 5.54 Å². The van der Waals surface area contributed by atoms with Gasteiger partial charge in [-0.2, -0.15) is 16.9 Å². The average molecular weight is 271 g/mol. The summed E-state index contributed by atoms with van der Waals surface area (Å²) in [6, 6.07) is 0. The molecule has 1 saturated heterocycles. The molecule has 1 aliphatic rings. The van der Waals surface area contributed by atoms with Gasteiger partial charge in [0.05, 0.1) is 10.7 Å². The zero-order valence-electron chi connectivity index (χ0n) is 7.74. The third-order valence-corrected chi connectivity index (χ3v) is 3.97. The summed E-state index contributed by atoms with van der Waals surface area (Å²) in [5.74, 6) is 5.17. The minimum absolute atomic E-state index is 0.183. The predicted octanol–water partition coefficient (Wildman–Crippen LogP) is 2.50. The van der Waals surface area contributed by atoms with E-state index >= 15 is 0 Å². The van der Waals surface area contributed by atoms with Crippen molar-refractivity contribution in [2.75, 3.05) is 11.5 Å². The van der Waals surface area contributed by atoms with Crippen LogP contribution in [0.25, 0.3) is 0 Å². The molecule has 0 N–H and O–H groups in total. The average Bonchev–Trinajstić information content (AvgIpc) is 2.66. The van der Waals surface area contributed by atoms with Crippen molar-refractivity contribution in [3.05, 3.63) is 16.9 Å². The normalized spacial score (nSPS) is 20.3. The number of hydrogen-bond donors (Lipinski definition) is 0. The maximum absolute atomic E-state index is 5.64. The summed E-state index contributed by atoms with van der Waals surface area (Å²) in [5, 5.41) is 4.30. The van der Waals surface area contributed by atoms with Crippen molar-refractivity contribution in [2.24, 2.45) is 0 Å². The van der Waals surface area contributed by atoms with Gasteiger partial charge in [0, 0.05) is 6.20 Å². The molecule has 0 bridgehead atoms. The number of thioether (sulfide) groups is 1. The van der Waals surface area contributed by atoms with Gasteiger partial charge in [-0.05, 0) is 40.3 Å². The lowest BCUT2D eigenvalue weighted by atomic mass is 9.94. The van der Waals surface area contributed by atoms with Crippen molar-refractivity contribution >= 4 is 27.7 Å². The van der Waals surface area contributed by atoms with E-state index in [1.807, 2.05) is 22.6 Å². The van der Waals surface area contributed by atoms with Crippen LogP contribution in [-0.2, 0) is 5.54 Å². The van der Waals surface area contributed by atoms with Crippen LogP contribution in [0.4, 0.5) is 0 Å². The van der Waals surface area contributed by atoms with Crippen LogP contribution in [0.5, 0.6) is 0 Å². The van der Waals surface area contributed by atoms with Gasteiger partial charge >= 0.3 is 0 Å². The van der Waals surface area contributed by atoms with Gasteiger partial charge in [0.25, 0.3) is 0 Å². The van der Waals surface area contributed by atoms with Crippen molar-refractivity contribution in [1.82, 2.24) is 9.78 Å². The van der Waals surface area contributed by atoms with Crippen molar-refractivity contribution in [2.45, 2.75) is 18.4 Å². The second-order valence-electron chi connectivity index (χ2n) is 3.39. The molecule has 2 nitrogen and oxygen atoms in total. The predicted molar refractivity (Wildman–Crippen MR) is 63.3 cm³/mol. The zero-order chi connectivity index (χ0) is 10.0. The fourth-order valence-electron chi connectivity index (χ4n) is 1.68. The van der Waals surface area contributed by atoms with Crippen LogP contribution in [0, 0.1) is 12.3 Å². The largest absolute Gasteiger partial charge is 0.253 e. The molecule has 1 aliphatic heterocycles. The van der Waals surface area contributed by atoms with E-state index in [9.17, 15) is 0 Å². The summed E-state index contributed by atoms with van der Waals surface area (Å²) in [6.45, 7) is 0. The van der Waals surface area contributed by atoms with E-state index in [-0.39, 0.29) is 5.54 Å². The highest BCUT2D eigenvalue weighted by Gasteiger charge is 2.32. The third kappa shape index (κ3) is 1.71. The SMILES string of the molecule is C#CC1(n2cc(Br)cn2)CCSCC1. The second-order valence-corrected chi connectivity index (χ2v) is 5.53. The van der Waals surface area contributed by atoms with E-state index in [1.54, 1.807) is 6.20 Å². The second kappa shape index (κ2) is 4.00. The Morgan fingerprint density at radius 3 is 2.79 bits per heavy atom. The van der Waals surface area contributed by atoms with Crippen molar-refractivity contribution in [1.29, 1.82) is 0 Å². The van der Waals surface area contributed by atoms with Gasteiger partial charge in [-0.3, -0.25) is 4.68 Å². The lowest BCUT2D eigenvalue weighted by molar-refractivity contribution is 0.324. The van der Waals surface area contributed by atoms with Crippen molar-refractivity contribution < 1.29 is 0 Å². The quantitative estimate of drug-likeness (QED) is 0.730. The highest BCUT2D eigenvalue weighted by atomic mass is 79.9. The van der Waals surface area contributed by atoms with E-state index in [0.717, 1.165) is 28.8 Å². The van der Waals surface area contributed by atoms with Crippen LogP contribution in [0.15, 0.2) is 16.9 Å². The summed E-state index contributed by atoms with van der Waals surface area (Å²) in [6.07, 6.45) is 11.4. The standard InChI is InChI=1S/C10H11BrN2S/c1-2-10(3-5-14-6-4-10)13-8-9(11)7-12-13/h1,7-8H,3-6H2. The zero-order valence-corrected chi connectivity index (χ0v) is 10.1. The van der Waals surface area contributed by atoms with Crippen molar-refractivity contribution in [3.63, 3.8) is 0 Å². The topological polar surface area (TPSA) is 17.8 Å². The minimum Gasteiger partial charge on any atom is -0.253 e. The molecule has 0 amide bonds. The lowest BCUT2D eigenvalue weighted by Gasteiger charge is -2.32. The summed E-state index contributed by atoms with van der Waals surface area (Å²) >= 11 is 5.36. The molecule has 14 heavy (non-hydrogen) atoms. The molecule has 0 unspecified atom stereocenters. The number of aromatic nitrogens is 2. The van der Waals surface area contributed by atoms with E-state index in [2.05, 4.69) is 26.9 Å². The first-order valence-electron chi connectivity index (χ1n) is 4.53. The van der Waals surface area contributed by atoms with E-state index in [1.165, 1.54) is 0 Å². The monoisotopic (exact) mass is 270 g/mol. The molecule has 0 radical (unpaired) electrons. The van der Waals surface area contributed by atoms with Gasteiger partial charge < -0.3 is 0 Å². The first kappa shape index (κ1) is 10.1. The number of rotatable bonds is 1. The van der Waals surface area contributed by atoms with Crippen LogP contribution in [0.1, 0.15) is 12.8 Å². The molecule has 74 valence electrons. The Labute approximate surface area is 96.6 Å². The fourth-order valence-corrected chi connectivity index (χ4v) is 3.14. The van der Waals surface area contributed by atoms with E-state index in [4.69, 9.17) is 6.42 Å². The Bertz CT molecular complexity index is 360. The van der Waals surface area contributed by atoms with E-state index < -0.39 is 0 Å². The van der Waals surface area contributed by atoms with Crippen LogP contribution in [0.3, 0.4) is 0 Å². The Morgan fingerprint density at radius 1 is 1.57 bits per heavy atom. The lowest BCUT2D eigenvalue weighted by Crippen LogP contribution is -2.36. The Morgan fingerprint density at radius 2 is 2.29 bits per heavy atom. The van der Waals surface area contributed by atoms with Gasteiger partial charge in [-0.1, -0.05) is 5.92 Å². The van der Waals surface area contributed by atoms with Crippen molar-refractivity contribution in [3.8, 4) is 12.3 Å². The van der Waals surface area contributed by atoms with Crippen LogP contribution in [-0.4, -0.2) is 21.3 Å². The molecular weight excluding hydrogens is 260 g/mol. The Balaban J connectivity index is 2.32. The molecular formula is C10H11BrN2S. The van der Waals surface area contributed by atoms with Crippen LogP contribution >= 0.6 is 27.7 Å². The number of terminal acetylenes is 1. The summed E-state index contributed by atoms with van der Waals surface area (Å²) in [5.41, 5.74) is -0.183. The highest BCUT2D eigenvalue weighted by Crippen LogP contribution is 2.33. The maximum Gasteiger partial charge on any atom is 0.124 e. The number of hydrogen-bond acceptors (Lipinski definition) is 2. The third-order valence-electron chi connectivity index (χ3n) is 2.58. The first-order chi connectivity index (χ1) is 6.77. The maximum atomic E-state index is 5.64. The fraction of sp³-hybridized carbons (Fsp3) is 0.500. The Kier molecular flexibility index (Phi) is 2.89. The minimum atomic E-state index is -0.183. The first-order valence-corrected chi connectivity index (χ1v) is 6.48. The van der Waals surface area contributed by atoms with Gasteiger partial charge in [0.2, 0.25) is 0 Å². The highest BCUT2D eigenvalue weighted by molar-refractivity contribution is 9.10. The molecule has 2 rings (SSSR count). The summed E-state index contributed by atoms with van der Waals surface area (Å²) in [4.78, 5) is 0.